The van der Waals surface area contributed by atoms with Crippen LogP contribution in [0, 0.1) is 11.8 Å². The van der Waals surface area contributed by atoms with Gasteiger partial charge in [0, 0.05) is 0 Å². The van der Waals surface area contributed by atoms with Crippen LogP contribution in [0.2, 0.25) is 0 Å². The first-order valence-electron chi connectivity index (χ1n) is 6.20. The number of aliphatic hydroxyl groups is 1. The summed E-state index contributed by atoms with van der Waals surface area (Å²) in [6.07, 6.45) is 7.14. The van der Waals surface area contributed by atoms with E-state index < -0.39 is 6.10 Å². The Hall–Kier alpha value is -0.830. The summed E-state index contributed by atoms with van der Waals surface area (Å²) in [5, 5.41) is 10.2. The number of allylic oxidation sites excluding steroid dienone is 2. The van der Waals surface area contributed by atoms with Crippen LogP contribution in [0.5, 0.6) is 0 Å². The van der Waals surface area contributed by atoms with Gasteiger partial charge in [-0.15, -0.1) is 0 Å². The van der Waals surface area contributed by atoms with Crippen LogP contribution in [0.25, 0.3) is 0 Å². The van der Waals surface area contributed by atoms with E-state index in [9.17, 15) is 9.90 Å². The number of hydrogen-bond acceptors (Lipinski definition) is 3. The Morgan fingerprint density at radius 2 is 2.25 bits per heavy atom. The number of aliphatic hydroxyl groups excluding tert-OH is 1. The van der Waals surface area contributed by atoms with E-state index in [1.54, 1.807) is 6.92 Å². The Morgan fingerprint density at radius 1 is 1.50 bits per heavy atom. The summed E-state index contributed by atoms with van der Waals surface area (Å²) < 4.78 is 4.99. The molecule has 3 nitrogen and oxygen atoms in total. The number of rotatable bonds is 5. The number of ether oxygens (including phenoxy) is 1. The van der Waals surface area contributed by atoms with Crippen LogP contribution >= 0.6 is 0 Å². The van der Waals surface area contributed by atoms with Gasteiger partial charge in [-0.25, -0.2) is 0 Å². The van der Waals surface area contributed by atoms with Gasteiger partial charge in [0.25, 0.3) is 0 Å². The molecule has 1 aliphatic carbocycles. The molecule has 0 aromatic heterocycles. The molecule has 0 radical (unpaired) electrons. The molecule has 0 heterocycles. The molecule has 1 rings (SSSR count). The second-order valence-electron chi connectivity index (χ2n) is 4.30. The van der Waals surface area contributed by atoms with Gasteiger partial charge in [-0.2, -0.15) is 0 Å². The fourth-order valence-electron chi connectivity index (χ4n) is 2.25. The summed E-state index contributed by atoms with van der Waals surface area (Å²) in [6.45, 7) is 4.09. The van der Waals surface area contributed by atoms with Gasteiger partial charge >= 0.3 is 5.97 Å². The summed E-state index contributed by atoms with van der Waals surface area (Å²) >= 11 is 0. The minimum absolute atomic E-state index is 0.208. The summed E-state index contributed by atoms with van der Waals surface area (Å²) in [5.74, 6) is -0.414. The molecule has 0 fully saturated rings. The zero-order valence-corrected chi connectivity index (χ0v) is 10.2. The zero-order valence-electron chi connectivity index (χ0n) is 10.2. The second kappa shape index (κ2) is 6.69. The molecule has 0 saturated carbocycles. The predicted octanol–water partition coefficient (Wildman–Crippen LogP) is 2.29. The van der Waals surface area contributed by atoms with E-state index in [2.05, 4.69) is 12.2 Å². The van der Waals surface area contributed by atoms with Crippen molar-refractivity contribution in [1.29, 1.82) is 0 Å². The molecule has 3 heteroatoms. The molecule has 0 aromatic rings. The molecule has 92 valence electrons. The fourth-order valence-corrected chi connectivity index (χ4v) is 2.25. The third-order valence-corrected chi connectivity index (χ3v) is 3.23. The fraction of sp³-hybridized carbons (Fsp3) is 0.769. The van der Waals surface area contributed by atoms with E-state index in [1.807, 2.05) is 6.92 Å². The van der Waals surface area contributed by atoms with Crippen molar-refractivity contribution in [3.63, 3.8) is 0 Å². The molecule has 1 N–H and O–H groups in total. The van der Waals surface area contributed by atoms with E-state index in [0.717, 1.165) is 19.3 Å². The number of carbonyl (C=O) groups excluding carboxylic acids is 1. The molecule has 0 aromatic carbocycles. The van der Waals surface area contributed by atoms with Crippen molar-refractivity contribution in [2.45, 2.75) is 45.6 Å². The Morgan fingerprint density at radius 3 is 2.75 bits per heavy atom. The first-order valence-corrected chi connectivity index (χ1v) is 6.20. The maximum atomic E-state index is 11.7. The van der Waals surface area contributed by atoms with E-state index >= 15 is 0 Å². The van der Waals surface area contributed by atoms with E-state index in [0.29, 0.717) is 13.0 Å². The SMILES string of the molecule is CCOC(=O)C(CC)C(O)C1CC=CCC1. The number of esters is 1. The Kier molecular flexibility index (Phi) is 5.53. The Bertz CT molecular complexity index is 248. The van der Waals surface area contributed by atoms with Gasteiger partial charge in [0.2, 0.25) is 0 Å². The molecule has 3 atom stereocenters. The quantitative estimate of drug-likeness (QED) is 0.578. The van der Waals surface area contributed by atoms with Crippen molar-refractivity contribution in [2.24, 2.45) is 11.8 Å². The Labute approximate surface area is 97.5 Å². The molecular weight excluding hydrogens is 204 g/mol. The van der Waals surface area contributed by atoms with Gasteiger partial charge in [-0.3, -0.25) is 4.79 Å². The molecule has 0 aliphatic heterocycles. The van der Waals surface area contributed by atoms with E-state index in [-0.39, 0.29) is 17.8 Å². The second-order valence-corrected chi connectivity index (χ2v) is 4.30. The van der Waals surface area contributed by atoms with Crippen molar-refractivity contribution in [2.75, 3.05) is 6.61 Å². The summed E-state index contributed by atoms with van der Waals surface area (Å²) in [7, 11) is 0. The lowest BCUT2D eigenvalue weighted by Gasteiger charge is -2.28. The predicted molar refractivity (Wildman–Crippen MR) is 62.9 cm³/mol. The highest BCUT2D eigenvalue weighted by Gasteiger charge is 2.32. The van der Waals surface area contributed by atoms with Gasteiger partial charge in [-0.1, -0.05) is 19.1 Å². The monoisotopic (exact) mass is 226 g/mol. The zero-order chi connectivity index (χ0) is 12.0. The standard InChI is InChI=1S/C13H22O3/c1-3-11(13(15)16-4-2)12(14)10-8-6-5-7-9-10/h5-6,10-12,14H,3-4,7-9H2,1-2H3. The number of hydrogen-bond donors (Lipinski definition) is 1. The lowest BCUT2D eigenvalue weighted by molar-refractivity contribution is -0.153. The maximum Gasteiger partial charge on any atom is 0.311 e. The summed E-state index contributed by atoms with van der Waals surface area (Å²) in [4.78, 5) is 11.7. The van der Waals surface area contributed by atoms with Crippen molar-refractivity contribution in [3.8, 4) is 0 Å². The summed E-state index contributed by atoms with van der Waals surface area (Å²) in [6, 6.07) is 0. The van der Waals surface area contributed by atoms with Crippen molar-refractivity contribution in [1.82, 2.24) is 0 Å². The molecule has 16 heavy (non-hydrogen) atoms. The van der Waals surface area contributed by atoms with Crippen molar-refractivity contribution < 1.29 is 14.6 Å². The van der Waals surface area contributed by atoms with E-state index in [1.165, 1.54) is 0 Å². The van der Waals surface area contributed by atoms with Crippen molar-refractivity contribution >= 4 is 5.97 Å². The minimum atomic E-state index is -0.561. The molecule has 3 unspecified atom stereocenters. The third kappa shape index (κ3) is 3.34. The van der Waals surface area contributed by atoms with Crippen molar-refractivity contribution in [3.05, 3.63) is 12.2 Å². The smallest absolute Gasteiger partial charge is 0.311 e. The van der Waals surface area contributed by atoms with Crippen LogP contribution < -0.4 is 0 Å². The van der Waals surface area contributed by atoms with Gasteiger partial charge in [0.05, 0.1) is 18.6 Å². The lowest BCUT2D eigenvalue weighted by atomic mass is 9.82. The van der Waals surface area contributed by atoms with E-state index in [4.69, 9.17) is 4.74 Å². The highest BCUT2D eigenvalue weighted by Crippen LogP contribution is 2.27. The largest absolute Gasteiger partial charge is 0.466 e. The first-order chi connectivity index (χ1) is 7.70. The van der Waals surface area contributed by atoms with Gasteiger partial charge in [0.1, 0.15) is 0 Å². The van der Waals surface area contributed by atoms with Crippen LogP contribution in [0.3, 0.4) is 0 Å². The van der Waals surface area contributed by atoms with Crippen LogP contribution in [-0.2, 0) is 9.53 Å². The van der Waals surface area contributed by atoms with Gasteiger partial charge < -0.3 is 9.84 Å². The molecule has 0 saturated heterocycles. The highest BCUT2D eigenvalue weighted by atomic mass is 16.5. The van der Waals surface area contributed by atoms with Crippen LogP contribution in [0.1, 0.15) is 39.5 Å². The molecule has 0 spiro atoms. The molecular formula is C13H22O3. The summed E-state index contributed by atoms with van der Waals surface area (Å²) in [5.41, 5.74) is 0. The average Bonchev–Trinajstić information content (AvgIpc) is 2.31. The Balaban J connectivity index is 2.57. The highest BCUT2D eigenvalue weighted by molar-refractivity contribution is 5.73. The van der Waals surface area contributed by atoms with Crippen LogP contribution in [0.15, 0.2) is 12.2 Å². The minimum Gasteiger partial charge on any atom is -0.466 e. The maximum absolute atomic E-state index is 11.7. The van der Waals surface area contributed by atoms with Gasteiger partial charge in [0.15, 0.2) is 0 Å². The molecule has 0 bridgehead atoms. The lowest BCUT2D eigenvalue weighted by Crippen LogP contribution is -2.35. The first kappa shape index (κ1) is 13.2. The van der Waals surface area contributed by atoms with Crippen LogP contribution in [-0.4, -0.2) is 23.8 Å². The average molecular weight is 226 g/mol. The normalized spacial score (nSPS) is 23.8. The number of carbonyl (C=O) groups is 1. The van der Waals surface area contributed by atoms with Crippen LogP contribution in [0.4, 0.5) is 0 Å². The molecule has 0 amide bonds. The topological polar surface area (TPSA) is 46.5 Å². The third-order valence-electron chi connectivity index (χ3n) is 3.23. The van der Waals surface area contributed by atoms with Gasteiger partial charge in [-0.05, 0) is 38.5 Å². The molecule has 1 aliphatic rings.